The predicted molar refractivity (Wildman–Crippen MR) is 107 cm³/mol. The zero-order chi connectivity index (χ0) is 17.7. The van der Waals surface area contributed by atoms with E-state index in [2.05, 4.69) is 81.7 Å². The molecule has 2 N–H and O–H groups in total. The third-order valence-corrected chi connectivity index (χ3v) is 4.37. The summed E-state index contributed by atoms with van der Waals surface area (Å²) in [6.45, 7) is 15.1. The van der Waals surface area contributed by atoms with Gasteiger partial charge in [-0.2, -0.15) is 0 Å². The molecule has 2 aromatic rings. The molecule has 0 radical (unpaired) electrons. The topological polar surface area (TPSA) is 26.0 Å². The number of halogens is 1. The van der Waals surface area contributed by atoms with Crippen molar-refractivity contribution in [2.75, 3.05) is 5.73 Å². The highest BCUT2D eigenvalue weighted by atomic mass is 79.9. The molecule has 0 spiro atoms. The molecule has 2 rings (SSSR count). The van der Waals surface area contributed by atoms with Gasteiger partial charge in [0.15, 0.2) is 0 Å². The number of benzene rings is 2. The summed E-state index contributed by atoms with van der Waals surface area (Å²) in [5.74, 6) is 1.13. The molecule has 0 fully saturated rings. The maximum Gasteiger partial charge on any atom is 0.0379 e. The molecule has 0 aliphatic heterocycles. The first-order valence-electron chi connectivity index (χ1n) is 8.25. The van der Waals surface area contributed by atoms with Crippen molar-refractivity contribution in [1.82, 2.24) is 0 Å². The summed E-state index contributed by atoms with van der Waals surface area (Å²) >= 11 is 3.46. The fourth-order valence-corrected chi connectivity index (χ4v) is 3.19. The number of nitrogens with two attached hydrogens (primary N) is 1. The van der Waals surface area contributed by atoms with E-state index in [0.29, 0.717) is 11.8 Å². The Morgan fingerprint density at radius 1 is 0.783 bits per heavy atom. The molecule has 0 unspecified atom stereocenters. The molecule has 0 atom stereocenters. The number of anilines is 1. The molecule has 0 aliphatic rings. The molecule has 2 heteroatoms. The van der Waals surface area contributed by atoms with E-state index < -0.39 is 0 Å². The van der Waals surface area contributed by atoms with Crippen LogP contribution in [-0.2, 0) is 0 Å². The minimum absolute atomic E-state index is 0.487. The van der Waals surface area contributed by atoms with E-state index >= 15 is 0 Å². The van der Waals surface area contributed by atoms with Crippen molar-refractivity contribution in [1.29, 1.82) is 0 Å². The summed E-state index contributed by atoms with van der Waals surface area (Å²) < 4.78 is 1.11. The van der Waals surface area contributed by atoms with Gasteiger partial charge in [-0.15, -0.1) is 0 Å². The monoisotopic (exact) mass is 375 g/mol. The first kappa shape index (κ1) is 19.8. The van der Waals surface area contributed by atoms with Gasteiger partial charge < -0.3 is 5.73 Å². The molecule has 0 heterocycles. The second-order valence-electron chi connectivity index (χ2n) is 6.96. The quantitative estimate of drug-likeness (QED) is 0.568. The highest BCUT2D eigenvalue weighted by molar-refractivity contribution is 9.10. The van der Waals surface area contributed by atoms with Crippen molar-refractivity contribution in [2.45, 2.75) is 60.3 Å². The number of nitrogen functional groups attached to an aromatic ring is 1. The van der Waals surface area contributed by atoms with Crippen LogP contribution in [0.2, 0.25) is 0 Å². The van der Waals surface area contributed by atoms with Crippen LogP contribution in [0.15, 0.2) is 34.8 Å². The molecule has 0 aliphatic carbocycles. The number of aryl methyl sites for hydroxylation is 3. The van der Waals surface area contributed by atoms with E-state index in [1.54, 1.807) is 0 Å². The van der Waals surface area contributed by atoms with Gasteiger partial charge in [0, 0.05) is 10.2 Å². The lowest BCUT2D eigenvalue weighted by Crippen LogP contribution is -1.98. The maximum atomic E-state index is 5.93. The fraction of sp³-hybridized carbons (Fsp3) is 0.429. The van der Waals surface area contributed by atoms with Gasteiger partial charge in [0.05, 0.1) is 0 Å². The van der Waals surface area contributed by atoms with Crippen molar-refractivity contribution >= 4 is 21.6 Å². The van der Waals surface area contributed by atoms with E-state index in [0.717, 1.165) is 15.7 Å². The third-order valence-electron chi connectivity index (χ3n) is 3.92. The highest BCUT2D eigenvalue weighted by Gasteiger charge is 2.07. The lowest BCUT2D eigenvalue weighted by molar-refractivity contribution is 0.863. The zero-order valence-electron chi connectivity index (χ0n) is 15.5. The zero-order valence-corrected chi connectivity index (χ0v) is 17.1. The smallest absolute Gasteiger partial charge is 0.0379 e. The summed E-state index contributed by atoms with van der Waals surface area (Å²) in [6, 6.07) is 10.9. The summed E-state index contributed by atoms with van der Waals surface area (Å²) in [6.07, 6.45) is 0. The molecule has 23 heavy (non-hydrogen) atoms. The third kappa shape index (κ3) is 6.02. The normalized spacial score (nSPS) is 10.7. The first-order valence-corrected chi connectivity index (χ1v) is 9.04. The second kappa shape index (κ2) is 8.54. The van der Waals surface area contributed by atoms with Crippen molar-refractivity contribution in [3.05, 3.63) is 62.6 Å². The van der Waals surface area contributed by atoms with Gasteiger partial charge in [-0.25, -0.2) is 0 Å². The minimum Gasteiger partial charge on any atom is -0.398 e. The van der Waals surface area contributed by atoms with Gasteiger partial charge in [-0.05, 0) is 61.4 Å². The predicted octanol–water partition coefficient (Wildman–Crippen LogP) is 6.89. The molecule has 0 amide bonds. The number of hydrogen-bond donors (Lipinski definition) is 1. The molecule has 1 nitrogen and oxygen atoms in total. The van der Waals surface area contributed by atoms with Gasteiger partial charge in [0.1, 0.15) is 0 Å². The Bertz CT molecular complexity index is 637. The van der Waals surface area contributed by atoms with Crippen LogP contribution in [0, 0.1) is 20.8 Å². The van der Waals surface area contributed by atoms with Gasteiger partial charge >= 0.3 is 0 Å². The van der Waals surface area contributed by atoms with Gasteiger partial charge in [0.25, 0.3) is 0 Å². The van der Waals surface area contributed by atoms with Crippen LogP contribution in [0.3, 0.4) is 0 Å². The average molecular weight is 376 g/mol. The summed E-state index contributed by atoms with van der Waals surface area (Å²) in [4.78, 5) is 0. The molecule has 0 aromatic heterocycles. The van der Waals surface area contributed by atoms with Crippen molar-refractivity contribution < 1.29 is 0 Å². The maximum absolute atomic E-state index is 5.93. The van der Waals surface area contributed by atoms with E-state index in [1.165, 1.54) is 22.3 Å². The highest BCUT2D eigenvalue weighted by Crippen LogP contribution is 2.28. The Morgan fingerprint density at radius 2 is 1.30 bits per heavy atom. The van der Waals surface area contributed by atoms with Crippen LogP contribution < -0.4 is 5.73 Å². The summed E-state index contributed by atoms with van der Waals surface area (Å²) in [5.41, 5.74) is 13.4. The molecule has 2 aromatic carbocycles. The largest absolute Gasteiger partial charge is 0.398 e. The molecule has 0 bridgehead atoms. The van der Waals surface area contributed by atoms with Crippen LogP contribution in [0.25, 0.3) is 0 Å². The molecular weight excluding hydrogens is 346 g/mol. The lowest BCUT2D eigenvalue weighted by atomic mass is 9.99. The molecule has 0 saturated heterocycles. The second-order valence-corrected chi connectivity index (χ2v) is 7.87. The molecular formula is C21H30BrN. The van der Waals surface area contributed by atoms with Gasteiger partial charge in [-0.1, -0.05) is 73.0 Å². The minimum atomic E-state index is 0.487. The number of rotatable bonds is 2. The molecule has 0 saturated carbocycles. The first-order chi connectivity index (χ1) is 10.6. The van der Waals surface area contributed by atoms with Crippen LogP contribution >= 0.6 is 15.9 Å². The van der Waals surface area contributed by atoms with Gasteiger partial charge in [0.2, 0.25) is 0 Å². The van der Waals surface area contributed by atoms with Crippen LogP contribution in [0.4, 0.5) is 5.69 Å². The van der Waals surface area contributed by atoms with Crippen LogP contribution in [-0.4, -0.2) is 0 Å². The van der Waals surface area contributed by atoms with Crippen LogP contribution in [0.1, 0.15) is 67.3 Å². The standard InChI is InChI=1S/C11H16.C10H14BrN/c1-8(2)11-6-9(3)5-10(4)7-11;1-6(2)9-5-8(11)4-7(3)10(9)12/h5-8H,1-4H3;4-6H,12H2,1-3H3. The Balaban J connectivity index is 0.000000231. The van der Waals surface area contributed by atoms with Crippen molar-refractivity contribution in [3.63, 3.8) is 0 Å². The van der Waals surface area contributed by atoms with E-state index in [1.807, 2.05) is 13.0 Å². The number of hydrogen-bond acceptors (Lipinski definition) is 1. The SMILES string of the molecule is Cc1cc(Br)cc(C(C)C)c1N.Cc1cc(C)cc(C(C)C)c1. The Morgan fingerprint density at radius 3 is 1.74 bits per heavy atom. The summed E-state index contributed by atoms with van der Waals surface area (Å²) in [7, 11) is 0. The Labute approximate surface area is 150 Å². The summed E-state index contributed by atoms with van der Waals surface area (Å²) in [5, 5.41) is 0. The van der Waals surface area contributed by atoms with Crippen molar-refractivity contribution in [3.8, 4) is 0 Å². The Hall–Kier alpha value is -1.28. The fourth-order valence-electron chi connectivity index (χ4n) is 2.60. The average Bonchev–Trinajstić information content (AvgIpc) is 2.42. The Kier molecular flexibility index (Phi) is 7.34. The van der Waals surface area contributed by atoms with Gasteiger partial charge in [-0.3, -0.25) is 0 Å². The van der Waals surface area contributed by atoms with Crippen LogP contribution in [0.5, 0.6) is 0 Å². The van der Waals surface area contributed by atoms with E-state index in [4.69, 9.17) is 5.73 Å². The van der Waals surface area contributed by atoms with E-state index in [9.17, 15) is 0 Å². The van der Waals surface area contributed by atoms with E-state index in [-0.39, 0.29) is 0 Å². The molecule has 126 valence electrons. The lowest BCUT2D eigenvalue weighted by Gasteiger charge is -2.12. The van der Waals surface area contributed by atoms with Crippen molar-refractivity contribution in [2.24, 2.45) is 0 Å².